The summed E-state index contributed by atoms with van der Waals surface area (Å²) in [5.74, 6) is 0.773. The first-order valence-corrected chi connectivity index (χ1v) is 7.52. The molecule has 0 radical (unpaired) electrons. The van der Waals surface area contributed by atoms with Gasteiger partial charge >= 0.3 is 0 Å². The summed E-state index contributed by atoms with van der Waals surface area (Å²) in [6.07, 6.45) is 1.77. The van der Waals surface area contributed by atoms with Gasteiger partial charge in [-0.3, -0.25) is 9.78 Å². The van der Waals surface area contributed by atoms with Crippen molar-refractivity contribution in [1.82, 2.24) is 4.98 Å². The Morgan fingerprint density at radius 2 is 1.83 bits per heavy atom. The third-order valence-corrected chi connectivity index (χ3v) is 3.41. The van der Waals surface area contributed by atoms with Crippen LogP contribution in [0.2, 0.25) is 0 Å². The van der Waals surface area contributed by atoms with Crippen molar-refractivity contribution in [2.75, 3.05) is 5.32 Å². The number of rotatable bonds is 6. The number of carbonyl (C=O) groups is 1. The third-order valence-electron chi connectivity index (χ3n) is 3.41. The second-order valence-electron chi connectivity index (χ2n) is 5.19. The Hall–Kier alpha value is -3.34. The first-order valence-electron chi connectivity index (χ1n) is 7.52. The monoisotopic (exact) mass is 319 g/mol. The average Bonchev–Trinajstić information content (AvgIpc) is 2.62. The SMILES string of the molecule is NC(=O)c1cccc(Oc2ccc(NCc3ccccn3)cc2)c1. The molecule has 2 aromatic carbocycles. The van der Waals surface area contributed by atoms with Crippen LogP contribution in [0.5, 0.6) is 11.5 Å². The molecule has 0 aliphatic carbocycles. The lowest BCUT2D eigenvalue weighted by Gasteiger charge is -2.09. The highest BCUT2D eigenvalue weighted by atomic mass is 16.5. The molecule has 1 aromatic heterocycles. The van der Waals surface area contributed by atoms with Crippen LogP contribution in [0.15, 0.2) is 72.9 Å². The Labute approximate surface area is 140 Å². The molecule has 0 aliphatic rings. The fourth-order valence-corrected chi connectivity index (χ4v) is 2.19. The zero-order valence-electron chi connectivity index (χ0n) is 13.0. The van der Waals surface area contributed by atoms with E-state index in [9.17, 15) is 4.79 Å². The van der Waals surface area contributed by atoms with E-state index in [-0.39, 0.29) is 0 Å². The van der Waals surface area contributed by atoms with E-state index in [1.54, 1.807) is 30.5 Å². The molecular weight excluding hydrogens is 302 g/mol. The minimum atomic E-state index is -0.477. The zero-order valence-corrected chi connectivity index (χ0v) is 13.0. The van der Waals surface area contributed by atoms with E-state index in [1.807, 2.05) is 42.5 Å². The van der Waals surface area contributed by atoms with Gasteiger partial charge in [0.05, 0.1) is 12.2 Å². The first kappa shape index (κ1) is 15.6. The number of nitrogens with one attached hydrogen (secondary N) is 1. The molecule has 24 heavy (non-hydrogen) atoms. The molecule has 5 heteroatoms. The Kier molecular flexibility index (Phi) is 4.72. The minimum Gasteiger partial charge on any atom is -0.457 e. The highest BCUT2D eigenvalue weighted by Gasteiger charge is 2.03. The van der Waals surface area contributed by atoms with Crippen LogP contribution in [-0.2, 0) is 6.54 Å². The fourth-order valence-electron chi connectivity index (χ4n) is 2.19. The van der Waals surface area contributed by atoms with Gasteiger partial charge in [-0.05, 0) is 54.6 Å². The summed E-state index contributed by atoms with van der Waals surface area (Å²) in [6, 6.07) is 20.2. The van der Waals surface area contributed by atoms with Crippen LogP contribution in [0, 0.1) is 0 Å². The van der Waals surface area contributed by atoms with Crippen molar-refractivity contribution in [2.45, 2.75) is 6.54 Å². The van der Waals surface area contributed by atoms with E-state index in [0.29, 0.717) is 23.6 Å². The normalized spacial score (nSPS) is 10.2. The van der Waals surface area contributed by atoms with Crippen molar-refractivity contribution < 1.29 is 9.53 Å². The lowest BCUT2D eigenvalue weighted by molar-refractivity contribution is 0.1000. The molecule has 0 aliphatic heterocycles. The van der Waals surface area contributed by atoms with Crippen molar-refractivity contribution in [3.8, 4) is 11.5 Å². The summed E-state index contributed by atoms with van der Waals surface area (Å²) in [7, 11) is 0. The maximum atomic E-state index is 11.2. The molecule has 0 saturated carbocycles. The zero-order chi connectivity index (χ0) is 16.8. The van der Waals surface area contributed by atoms with Crippen LogP contribution in [0.25, 0.3) is 0 Å². The van der Waals surface area contributed by atoms with Gasteiger partial charge in [-0.15, -0.1) is 0 Å². The van der Waals surface area contributed by atoms with Crippen LogP contribution in [0.4, 0.5) is 5.69 Å². The van der Waals surface area contributed by atoms with Crippen molar-refractivity contribution in [3.05, 3.63) is 84.2 Å². The number of primary amides is 1. The highest BCUT2D eigenvalue weighted by Crippen LogP contribution is 2.24. The second kappa shape index (κ2) is 7.28. The predicted molar refractivity (Wildman–Crippen MR) is 93.0 cm³/mol. The van der Waals surface area contributed by atoms with Gasteiger partial charge in [0.15, 0.2) is 0 Å². The molecule has 1 heterocycles. The number of anilines is 1. The average molecular weight is 319 g/mol. The number of carbonyl (C=O) groups excluding carboxylic acids is 1. The molecule has 0 unspecified atom stereocenters. The summed E-state index contributed by atoms with van der Waals surface area (Å²) in [6.45, 7) is 0.654. The van der Waals surface area contributed by atoms with Crippen molar-refractivity contribution in [2.24, 2.45) is 5.73 Å². The topological polar surface area (TPSA) is 77.2 Å². The molecule has 3 N–H and O–H groups in total. The molecule has 0 fully saturated rings. The molecule has 0 atom stereocenters. The van der Waals surface area contributed by atoms with Gasteiger partial charge in [0.1, 0.15) is 11.5 Å². The van der Waals surface area contributed by atoms with Gasteiger partial charge < -0.3 is 15.8 Å². The largest absolute Gasteiger partial charge is 0.457 e. The standard InChI is InChI=1S/C19H17N3O2/c20-19(23)14-4-3-6-18(12-14)24-17-9-7-15(8-10-17)22-13-16-5-1-2-11-21-16/h1-12,22H,13H2,(H2,20,23). The second-order valence-corrected chi connectivity index (χ2v) is 5.19. The fraction of sp³-hybridized carbons (Fsp3) is 0.0526. The molecule has 0 spiro atoms. The molecule has 0 saturated heterocycles. The number of nitrogens with two attached hydrogens (primary N) is 1. The van der Waals surface area contributed by atoms with Crippen LogP contribution in [0.3, 0.4) is 0 Å². The van der Waals surface area contributed by atoms with Gasteiger partial charge in [-0.1, -0.05) is 12.1 Å². The predicted octanol–water partition coefficient (Wildman–Crippen LogP) is 3.58. The number of nitrogens with zero attached hydrogens (tertiary/aromatic N) is 1. The van der Waals surface area contributed by atoms with E-state index in [0.717, 1.165) is 11.4 Å². The van der Waals surface area contributed by atoms with Gasteiger partial charge in [0.2, 0.25) is 5.91 Å². The van der Waals surface area contributed by atoms with Gasteiger partial charge in [0, 0.05) is 17.4 Å². The van der Waals surface area contributed by atoms with Gasteiger partial charge in [0.25, 0.3) is 0 Å². The molecule has 0 bridgehead atoms. The summed E-state index contributed by atoms with van der Waals surface area (Å²) in [4.78, 5) is 15.5. The van der Waals surface area contributed by atoms with Crippen molar-refractivity contribution in [3.63, 3.8) is 0 Å². The maximum Gasteiger partial charge on any atom is 0.248 e. The Morgan fingerprint density at radius 3 is 2.54 bits per heavy atom. The van der Waals surface area contributed by atoms with Crippen LogP contribution >= 0.6 is 0 Å². The number of hydrogen-bond donors (Lipinski definition) is 2. The maximum absolute atomic E-state index is 11.2. The van der Waals surface area contributed by atoms with Crippen molar-refractivity contribution >= 4 is 11.6 Å². The molecule has 3 rings (SSSR count). The quantitative estimate of drug-likeness (QED) is 0.728. The van der Waals surface area contributed by atoms with Gasteiger partial charge in [-0.25, -0.2) is 0 Å². The summed E-state index contributed by atoms with van der Waals surface area (Å²) in [5, 5.41) is 3.30. The number of pyridine rings is 1. The number of amides is 1. The van der Waals surface area contributed by atoms with Crippen LogP contribution in [0.1, 0.15) is 16.1 Å². The molecular formula is C19H17N3O2. The lowest BCUT2D eigenvalue weighted by atomic mass is 10.2. The number of benzene rings is 2. The summed E-state index contributed by atoms with van der Waals surface area (Å²) < 4.78 is 5.74. The van der Waals surface area contributed by atoms with E-state index in [1.165, 1.54) is 0 Å². The highest BCUT2D eigenvalue weighted by molar-refractivity contribution is 5.93. The Balaban J connectivity index is 1.62. The summed E-state index contributed by atoms with van der Waals surface area (Å²) in [5.41, 5.74) is 7.63. The van der Waals surface area contributed by atoms with Crippen molar-refractivity contribution in [1.29, 1.82) is 0 Å². The number of hydrogen-bond acceptors (Lipinski definition) is 4. The molecule has 3 aromatic rings. The summed E-state index contributed by atoms with van der Waals surface area (Å²) >= 11 is 0. The van der Waals surface area contributed by atoms with E-state index >= 15 is 0 Å². The smallest absolute Gasteiger partial charge is 0.248 e. The van der Waals surface area contributed by atoms with E-state index < -0.39 is 5.91 Å². The third kappa shape index (κ3) is 4.10. The molecule has 120 valence electrons. The first-order chi connectivity index (χ1) is 11.7. The lowest BCUT2D eigenvalue weighted by Crippen LogP contribution is -2.10. The van der Waals surface area contributed by atoms with Crippen LogP contribution in [-0.4, -0.2) is 10.9 Å². The Bertz CT molecular complexity index is 818. The van der Waals surface area contributed by atoms with Gasteiger partial charge in [-0.2, -0.15) is 0 Å². The molecule has 1 amide bonds. The van der Waals surface area contributed by atoms with E-state index in [2.05, 4.69) is 10.3 Å². The van der Waals surface area contributed by atoms with E-state index in [4.69, 9.17) is 10.5 Å². The molecule has 5 nitrogen and oxygen atoms in total. The number of ether oxygens (including phenoxy) is 1. The Morgan fingerprint density at radius 1 is 1.00 bits per heavy atom. The van der Waals surface area contributed by atoms with Crippen LogP contribution < -0.4 is 15.8 Å². The minimum absolute atomic E-state index is 0.418. The number of aromatic nitrogens is 1.